The molecule has 1 aromatic rings. The molecule has 21 heavy (non-hydrogen) atoms. The van der Waals surface area contributed by atoms with Crippen molar-refractivity contribution >= 4 is 17.6 Å². The Kier molecular flexibility index (Phi) is 3.51. The summed E-state index contributed by atoms with van der Waals surface area (Å²) in [6.07, 6.45) is 2.58. The lowest BCUT2D eigenvalue weighted by Gasteiger charge is -2.17. The number of ether oxygens (including phenoxy) is 2. The van der Waals surface area contributed by atoms with Crippen molar-refractivity contribution in [3.05, 3.63) is 29.3 Å². The predicted molar refractivity (Wildman–Crippen MR) is 74.3 cm³/mol. The van der Waals surface area contributed by atoms with Crippen molar-refractivity contribution < 1.29 is 24.2 Å². The predicted octanol–water partition coefficient (Wildman–Crippen LogP) is 2.31. The molecule has 2 N–H and O–H groups in total. The fraction of sp³-hybridized carbons (Fsp3) is 0.333. The first-order valence-corrected chi connectivity index (χ1v) is 6.81. The van der Waals surface area contributed by atoms with Gasteiger partial charge in [0.05, 0.1) is 0 Å². The Bertz CT molecular complexity index is 635. The smallest absolute Gasteiger partial charge is 0.332 e. The molecule has 3 rings (SSSR count). The van der Waals surface area contributed by atoms with Crippen LogP contribution in [-0.2, 0) is 9.59 Å². The highest BCUT2D eigenvalue weighted by molar-refractivity contribution is 6.08. The standard InChI is InChI=1S/C15H15NO5/c17-14(10-3-1-2-4-11(10)15(18)19)16-9-5-6-12-13(7-9)21-8-20-12/h5-7H,1-4,8H2,(H,16,17)(H,18,19). The Labute approximate surface area is 121 Å². The average molecular weight is 289 g/mol. The molecule has 6 nitrogen and oxygen atoms in total. The lowest BCUT2D eigenvalue weighted by molar-refractivity contribution is -0.133. The maximum atomic E-state index is 12.3. The quantitative estimate of drug-likeness (QED) is 0.892. The zero-order valence-electron chi connectivity index (χ0n) is 11.3. The van der Waals surface area contributed by atoms with Crippen molar-refractivity contribution in [1.29, 1.82) is 0 Å². The number of anilines is 1. The second kappa shape index (κ2) is 5.47. The van der Waals surface area contributed by atoms with Crippen molar-refractivity contribution in [2.75, 3.05) is 12.1 Å². The zero-order chi connectivity index (χ0) is 14.8. The van der Waals surface area contributed by atoms with Crippen LogP contribution in [0.4, 0.5) is 5.69 Å². The Morgan fingerprint density at radius 1 is 1.05 bits per heavy atom. The van der Waals surface area contributed by atoms with E-state index in [2.05, 4.69) is 5.32 Å². The van der Waals surface area contributed by atoms with Crippen molar-refractivity contribution in [2.24, 2.45) is 0 Å². The number of fused-ring (bicyclic) bond motifs is 1. The number of aliphatic carboxylic acids is 1. The molecule has 6 heteroatoms. The number of benzene rings is 1. The maximum absolute atomic E-state index is 12.3. The first-order valence-electron chi connectivity index (χ1n) is 6.81. The van der Waals surface area contributed by atoms with E-state index in [0.717, 1.165) is 12.8 Å². The normalized spacial score (nSPS) is 16.8. The number of carboxylic acid groups (broad SMARTS) is 1. The van der Waals surface area contributed by atoms with E-state index in [-0.39, 0.29) is 18.3 Å². The molecule has 110 valence electrons. The molecule has 1 aromatic carbocycles. The SMILES string of the molecule is O=C(O)C1=C(C(=O)Nc2ccc3c(c2)OCO3)CCCC1. The number of nitrogens with one attached hydrogen (secondary N) is 1. The van der Waals surface area contributed by atoms with Crippen molar-refractivity contribution in [2.45, 2.75) is 25.7 Å². The molecule has 0 unspecified atom stereocenters. The van der Waals surface area contributed by atoms with Gasteiger partial charge < -0.3 is 19.9 Å². The monoisotopic (exact) mass is 289 g/mol. The third kappa shape index (κ3) is 2.69. The van der Waals surface area contributed by atoms with Crippen LogP contribution in [0.25, 0.3) is 0 Å². The topological polar surface area (TPSA) is 84.9 Å². The summed E-state index contributed by atoms with van der Waals surface area (Å²) in [5.41, 5.74) is 1.15. The number of amides is 1. The Morgan fingerprint density at radius 3 is 2.52 bits per heavy atom. The summed E-state index contributed by atoms with van der Waals surface area (Å²) in [7, 11) is 0. The van der Waals surface area contributed by atoms with Crippen LogP contribution in [0.15, 0.2) is 29.3 Å². The van der Waals surface area contributed by atoms with Crippen LogP contribution >= 0.6 is 0 Å². The molecule has 0 saturated carbocycles. The Balaban J connectivity index is 1.81. The van der Waals surface area contributed by atoms with Gasteiger partial charge >= 0.3 is 5.97 Å². The molecule has 0 fully saturated rings. The van der Waals surface area contributed by atoms with Crippen molar-refractivity contribution in [3.63, 3.8) is 0 Å². The lowest BCUT2D eigenvalue weighted by atomic mass is 9.91. The molecular formula is C15H15NO5. The van der Waals surface area contributed by atoms with E-state index in [1.54, 1.807) is 18.2 Å². The van der Waals surface area contributed by atoms with Gasteiger partial charge in [0.1, 0.15) is 0 Å². The summed E-state index contributed by atoms with van der Waals surface area (Å²) in [5, 5.41) is 11.9. The second-order valence-electron chi connectivity index (χ2n) is 4.99. The van der Waals surface area contributed by atoms with Crippen LogP contribution < -0.4 is 14.8 Å². The number of rotatable bonds is 3. The molecule has 0 bridgehead atoms. The molecule has 0 spiro atoms. The molecule has 0 radical (unpaired) electrons. The van der Waals surface area contributed by atoms with Gasteiger partial charge in [0, 0.05) is 22.9 Å². The first-order chi connectivity index (χ1) is 10.1. The first kappa shape index (κ1) is 13.5. The molecular weight excluding hydrogens is 274 g/mol. The van der Waals surface area contributed by atoms with Gasteiger partial charge in [0.15, 0.2) is 11.5 Å². The van der Waals surface area contributed by atoms with Crippen LogP contribution in [0.5, 0.6) is 11.5 Å². The number of carbonyl (C=O) groups excluding carboxylic acids is 1. The third-order valence-corrected chi connectivity index (χ3v) is 3.63. The second-order valence-corrected chi connectivity index (χ2v) is 4.99. The molecule has 0 saturated heterocycles. The van der Waals surface area contributed by atoms with Gasteiger partial charge in [0.2, 0.25) is 6.79 Å². The third-order valence-electron chi connectivity index (χ3n) is 3.63. The number of carbonyl (C=O) groups is 2. The number of hydrogen-bond donors (Lipinski definition) is 2. The number of carboxylic acids is 1. The highest BCUT2D eigenvalue weighted by Gasteiger charge is 2.24. The van der Waals surface area contributed by atoms with E-state index in [1.807, 2.05) is 0 Å². The van der Waals surface area contributed by atoms with E-state index in [0.29, 0.717) is 35.6 Å². The minimum atomic E-state index is -1.01. The Morgan fingerprint density at radius 2 is 1.76 bits per heavy atom. The summed E-state index contributed by atoms with van der Waals surface area (Å²) in [6, 6.07) is 5.09. The molecule has 1 heterocycles. The lowest BCUT2D eigenvalue weighted by Crippen LogP contribution is -2.21. The summed E-state index contributed by atoms with van der Waals surface area (Å²) in [6.45, 7) is 0.168. The number of hydrogen-bond acceptors (Lipinski definition) is 4. The molecule has 0 aromatic heterocycles. The average Bonchev–Trinajstić information content (AvgIpc) is 2.94. The summed E-state index contributed by atoms with van der Waals surface area (Å²) < 4.78 is 10.4. The van der Waals surface area contributed by atoms with Crippen LogP contribution in [0.2, 0.25) is 0 Å². The summed E-state index contributed by atoms with van der Waals surface area (Å²) >= 11 is 0. The minimum Gasteiger partial charge on any atom is -0.478 e. The fourth-order valence-corrected chi connectivity index (χ4v) is 2.57. The van der Waals surface area contributed by atoms with Crippen LogP contribution in [0.3, 0.4) is 0 Å². The van der Waals surface area contributed by atoms with Gasteiger partial charge in [-0.1, -0.05) is 0 Å². The van der Waals surface area contributed by atoms with Gasteiger partial charge in [-0.15, -0.1) is 0 Å². The van der Waals surface area contributed by atoms with Gasteiger partial charge in [-0.05, 0) is 37.8 Å². The zero-order valence-corrected chi connectivity index (χ0v) is 11.3. The van der Waals surface area contributed by atoms with Crippen LogP contribution in [0, 0.1) is 0 Å². The van der Waals surface area contributed by atoms with Gasteiger partial charge in [-0.25, -0.2) is 4.79 Å². The van der Waals surface area contributed by atoms with E-state index in [9.17, 15) is 14.7 Å². The van der Waals surface area contributed by atoms with Crippen molar-refractivity contribution in [1.82, 2.24) is 0 Å². The minimum absolute atomic E-state index is 0.168. The van der Waals surface area contributed by atoms with Gasteiger partial charge in [-0.2, -0.15) is 0 Å². The van der Waals surface area contributed by atoms with Crippen molar-refractivity contribution in [3.8, 4) is 11.5 Å². The largest absolute Gasteiger partial charge is 0.478 e. The summed E-state index contributed by atoms with van der Waals surface area (Å²) in [4.78, 5) is 23.5. The molecule has 0 atom stereocenters. The highest BCUT2D eigenvalue weighted by Crippen LogP contribution is 2.34. The summed E-state index contributed by atoms with van der Waals surface area (Å²) in [5.74, 6) is -0.156. The molecule has 2 aliphatic rings. The molecule has 1 aliphatic heterocycles. The van der Waals surface area contributed by atoms with Crippen LogP contribution in [-0.4, -0.2) is 23.8 Å². The van der Waals surface area contributed by atoms with E-state index in [4.69, 9.17) is 9.47 Å². The fourth-order valence-electron chi connectivity index (χ4n) is 2.57. The molecule has 1 aliphatic carbocycles. The Hall–Kier alpha value is -2.50. The van der Waals surface area contributed by atoms with Crippen LogP contribution in [0.1, 0.15) is 25.7 Å². The maximum Gasteiger partial charge on any atom is 0.332 e. The van der Waals surface area contributed by atoms with E-state index >= 15 is 0 Å². The van der Waals surface area contributed by atoms with Gasteiger partial charge in [0.25, 0.3) is 5.91 Å². The highest BCUT2D eigenvalue weighted by atomic mass is 16.7. The molecule has 1 amide bonds. The van der Waals surface area contributed by atoms with Gasteiger partial charge in [-0.3, -0.25) is 4.79 Å². The van der Waals surface area contributed by atoms with E-state index in [1.165, 1.54) is 0 Å². The van der Waals surface area contributed by atoms with E-state index < -0.39 is 5.97 Å².